The average molecular weight is 333 g/mol. The van der Waals surface area contributed by atoms with Crippen LogP contribution in [-0.2, 0) is 6.42 Å². The van der Waals surface area contributed by atoms with E-state index in [2.05, 4.69) is 69.6 Å². The Kier molecular flexibility index (Phi) is 5.74. The van der Waals surface area contributed by atoms with Gasteiger partial charge >= 0.3 is 0 Å². The first-order valence-electron chi connectivity index (χ1n) is 7.10. The van der Waals surface area contributed by atoms with Gasteiger partial charge in [-0.2, -0.15) is 0 Å². The van der Waals surface area contributed by atoms with Gasteiger partial charge in [-0.05, 0) is 49.6 Å². The lowest BCUT2D eigenvalue weighted by atomic mass is 10.00. The second-order valence-corrected chi connectivity index (χ2v) is 5.89. The van der Waals surface area contributed by atoms with Crippen molar-refractivity contribution in [3.05, 3.63) is 63.9 Å². The molecule has 3 heteroatoms. The van der Waals surface area contributed by atoms with Gasteiger partial charge in [0.25, 0.3) is 0 Å². The second kappa shape index (κ2) is 7.55. The average Bonchev–Trinajstić information content (AvgIpc) is 2.46. The number of nitrogens with zero attached hydrogens (tertiary/aromatic N) is 1. The monoisotopic (exact) mass is 332 g/mol. The number of pyridine rings is 1. The molecule has 106 valence electrons. The van der Waals surface area contributed by atoms with Crippen LogP contribution in [-0.4, -0.2) is 11.5 Å². The van der Waals surface area contributed by atoms with Gasteiger partial charge in [-0.1, -0.05) is 47.1 Å². The molecule has 2 rings (SSSR count). The van der Waals surface area contributed by atoms with Crippen molar-refractivity contribution in [2.75, 3.05) is 6.54 Å². The summed E-state index contributed by atoms with van der Waals surface area (Å²) in [6, 6.07) is 13.0. The minimum atomic E-state index is 0.307. The first-order chi connectivity index (χ1) is 9.70. The molecule has 2 nitrogen and oxygen atoms in total. The van der Waals surface area contributed by atoms with Crippen LogP contribution in [0.3, 0.4) is 0 Å². The molecule has 0 fully saturated rings. The lowest BCUT2D eigenvalue weighted by Crippen LogP contribution is -2.24. The van der Waals surface area contributed by atoms with Gasteiger partial charge in [0, 0.05) is 22.4 Å². The number of nitrogens with one attached hydrogen (secondary N) is 1. The zero-order valence-corrected chi connectivity index (χ0v) is 13.7. The molecule has 0 spiro atoms. The van der Waals surface area contributed by atoms with Crippen molar-refractivity contribution in [1.29, 1.82) is 0 Å². The van der Waals surface area contributed by atoms with Gasteiger partial charge in [-0.25, -0.2) is 0 Å². The van der Waals surface area contributed by atoms with Gasteiger partial charge in [-0.3, -0.25) is 4.98 Å². The quantitative estimate of drug-likeness (QED) is 0.846. The lowest BCUT2D eigenvalue weighted by Gasteiger charge is -2.19. The van der Waals surface area contributed by atoms with E-state index >= 15 is 0 Å². The minimum Gasteiger partial charge on any atom is -0.310 e. The molecule has 0 bridgehead atoms. The van der Waals surface area contributed by atoms with E-state index in [1.165, 1.54) is 15.6 Å². The van der Waals surface area contributed by atoms with Gasteiger partial charge in [0.2, 0.25) is 0 Å². The molecule has 0 aliphatic rings. The van der Waals surface area contributed by atoms with Crippen molar-refractivity contribution in [3.63, 3.8) is 0 Å². The number of aromatic nitrogens is 1. The fourth-order valence-electron chi connectivity index (χ4n) is 2.20. The van der Waals surface area contributed by atoms with Crippen LogP contribution in [0.15, 0.2) is 47.1 Å². The Labute approximate surface area is 129 Å². The Morgan fingerprint density at radius 1 is 1.20 bits per heavy atom. The molecule has 0 saturated heterocycles. The molecule has 1 atom stereocenters. The topological polar surface area (TPSA) is 24.9 Å². The van der Waals surface area contributed by atoms with Crippen LogP contribution in [0, 0.1) is 6.92 Å². The molecular formula is C17H21BrN2. The predicted octanol–water partition coefficient (Wildman–Crippen LogP) is 4.44. The summed E-state index contributed by atoms with van der Waals surface area (Å²) >= 11 is 3.63. The predicted molar refractivity (Wildman–Crippen MR) is 87.9 cm³/mol. The van der Waals surface area contributed by atoms with E-state index in [1.54, 1.807) is 0 Å². The van der Waals surface area contributed by atoms with Crippen LogP contribution in [0.4, 0.5) is 0 Å². The fourth-order valence-corrected chi connectivity index (χ4v) is 2.64. The zero-order chi connectivity index (χ0) is 14.4. The highest BCUT2D eigenvalue weighted by Crippen LogP contribution is 2.23. The van der Waals surface area contributed by atoms with Gasteiger partial charge < -0.3 is 5.32 Å². The molecule has 0 aliphatic heterocycles. The van der Waals surface area contributed by atoms with Crippen molar-refractivity contribution in [2.45, 2.75) is 32.7 Å². The van der Waals surface area contributed by atoms with E-state index in [-0.39, 0.29) is 0 Å². The summed E-state index contributed by atoms with van der Waals surface area (Å²) in [7, 11) is 0. The molecule has 0 saturated carbocycles. The molecule has 0 amide bonds. The van der Waals surface area contributed by atoms with E-state index in [0.717, 1.165) is 25.1 Å². The molecule has 1 unspecified atom stereocenters. The van der Waals surface area contributed by atoms with Crippen molar-refractivity contribution in [2.24, 2.45) is 0 Å². The Morgan fingerprint density at radius 3 is 2.65 bits per heavy atom. The third-order valence-electron chi connectivity index (χ3n) is 3.36. The Bertz CT molecular complexity index is 537. The van der Waals surface area contributed by atoms with Crippen LogP contribution < -0.4 is 5.32 Å². The summed E-state index contributed by atoms with van der Waals surface area (Å²) in [5.74, 6) is 0. The van der Waals surface area contributed by atoms with E-state index in [4.69, 9.17) is 0 Å². The maximum atomic E-state index is 4.42. The summed E-state index contributed by atoms with van der Waals surface area (Å²) in [6.45, 7) is 5.23. The Balaban J connectivity index is 2.19. The van der Waals surface area contributed by atoms with E-state index in [0.29, 0.717) is 6.04 Å². The van der Waals surface area contributed by atoms with Crippen LogP contribution in [0.2, 0.25) is 0 Å². The third-order valence-corrected chi connectivity index (χ3v) is 4.13. The van der Waals surface area contributed by atoms with Crippen LogP contribution >= 0.6 is 15.9 Å². The SMILES string of the molecule is CCCNC(Cc1ccccc1Br)c1ccc(C)nc1. The van der Waals surface area contributed by atoms with Gasteiger partial charge in [0.05, 0.1) is 0 Å². The molecule has 1 aromatic heterocycles. The number of hydrogen-bond acceptors (Lipinski definition) is 2. The molecule has 0 aliphatic carbocycles. The highest BCUT2D eigenvalue weighted by atomic mass is 79.9. The molecule has 1 heterocycles. The second-order valence-electron chi connectivity index (χ2n) is 5.04. The number of rotatable bonds is 6. The Hall–Kier alpha value is -1.19. The highest BCUT2D eigenvalue weighted by Gasteiger charge is 2.13. The minimum absolute atomic E-state index is 0.307. The van der Waals surface area contributed by atoms with Gasteiger partial charge in [0.15, 0.2) is 0 Å². The molecule has 2 aromatic rings. The number of halogens is 1. The van der Waals surface area contributed by atoms with Crippen molar-refractivity contribution in [1.82, 2.24) is 10.3 Å². The van der Waals surface area contributed by atoms with Crippen LogP contribution in [0.5, 0.6) is 0 Å². The molecule has 0 radical (unpaired) electrons. The fraction of sp³-hybridized carbons (Fsp3) is 0.353. The van der Waals surface area contributed by atoms with Crippen molar-refractivity contribution < 1.29 is 0 Å². The summed E-state index contributed by atoms with van der Waals surface area (Å²) in [5.41, 5.74) is 3.63. The smallest absolute Gasteiger partial charge is 0.0376 e. The van der Waals surface area contributed by atoms with Crippen molar-refractivity contribution in [3.8, 4) is 0 Å². The molecule has 1 N–H and O–H groups in total. The molecular weight excluding hydrogens is 312 g/mol. The van der Waals surface area contributed by atoms with E-state index in [9.17, 15) is 0 Å². The first-order valence-corrected chi connectivity index (χ1v) is 7.89. The summed E-state index contributed by atoms with van der Waals surface area (Å²) in [5, 5.41) is 3.62. The van der Waals surface area contributed by atoms with Crippen LogP contribution in [0.25, 0.3) is 0 Å². The third kappa shape index (κ3) is 4.15. The van der Waals surface area contributed by atoms with Crippen LogP contribution in [0.1, 0.15) is 36.2 Å². The summed E-state index contributed by atoms with van der Waals surface area (Å²) < 4.78 is 1.17. The number of benzene rings is 1. The number of aryl methyl sites for hydroxylation is 1. The van der Waals surface area contributed by atoms with E-state index < -0.39 is 0 Å². The highest BCUT2D eigenvalue weighted by molar-refractivity contribution is 9.10. The molecule has 1 aromatic carbocycles. The van der Waals surface area contributed by atoms with Crippen molar-refractivity contribution >= 4 is 15.9 Å². The summed E-state index contributed by atoms with van der Waals surface area (Å²) in [6.07, 6.45) is 4.08. The Morgan fingerprint density at radius 2 is 2.00 bits per heavy atom. The maximum Gasteiger partial charge on any atom is 0.0376 e. The largest absolute Gasteiger partial charge is 0.310 e. The van der Waals surface area contributed by atoms with E-state index in [1.807, 2.05) is 13.1 Å². The normalized spacial score (nSPS) is 12.3. The summed E-state index contributed by atoms with van der Waals surface area (Å²) in [4.78, 5) is 4.42. The lowest BCUT2D eigenvalue weighted by molar-refractivity contribution is 0.527. The molecule has 20 heavy (non-hydrogen) atoms. The maximum absolute atomic E-state index is 4.42. The van der Waals surface area contributed by atoms with Gasteiger partial charge in [-0.15, -0.1) is 0 Å². The van der Waals surface area contributed by atoms with Gasteiger partial charge in [0.1, 0.15) is 0 Å². The zero-order valence-electron chi connectivity index (χ0n) is 12.1. The first kappa shape index (κ1) is 15.2. The number of hydrogen-bond donors (Lipinski definition) is 1. The standard InChI is InChI=1S/C17H21BrN2/c1-3-10-19-17(15-9-8-13(2)20-12-15)11-14-6-4-5-7-16(14)18/h4-9,12,17,19H,3,10-11H2,1-2H3.